The zero-order chi connectivity index (χ0) is 5.28. The van der Waals surface area contributed by atoms with Crippen molar-refractivity contribution < 1.29 is 0 Å². The van der Waals surface area contributed by atoms with E-state index in [0.29, 0.717) is 0 Å². The standard InChI is InChI=1S/C6H11Br/c1-2-6(7)5-3-4-5/h5-6H,2-4H2,1H3. The molecule has 0 amide bonds. The number of hydrogen-bond donors (Lipinski definition) is 0. The van der Waals surface area contributed by atoms with E-state index in [2.05, 4.69) is 22.9 Å². The van der Waals surface area contributed by atoms with Gasteiger partial charge in [-0.3, -0.25) is 0 Å². The van der Waals surface area contributed by atoms with Crippen molar-refractivity contribution in [2.75, 3.05) is 0 Å². The maximum absolute atomic E-state index is 3.60. The van der Waals surface area contributed by atoms with Crippen LogP contribution in [0.25, 0.3) is 0 Å². The van der Waals surface area contributed by atoms with Crippen LogP contribution in [0, 0.1) is 5.92 Å². The molecule has 0 aliphatic heterocycles. The molecular weight excluding hydrogens is 152 g/mol. The highest BCUT2D eigenvalue weighted by molar-refractivity contribution is 9.09. The first-order valence-electron chi connectivity index (χ1n) is 2.98. The number of alkyl halides is 1. The summed E-state index contributed by atoms with van der Waals surface area (Å²) in [5, 5.41) is 0. The number of hydrogen-bond acceptors (Lipinski definition) is 0. The molecular formula is C6H11Br. The van der Waals surface area contributed by atoms with E-state index in [-0.39, 0.29) is 0 Å². The minimum atomic E-state index is 0.826. The summed E-state index contributed by atoms with van der Waals surface area (Å²) in [6, 6.07) is 0. The summed E-state index contributed by atoms with van der Waals surface area (Å²) in [6.07, 6.45) is 4.22. The predicted octanol–water partition coefficient (Wildman–Crippen LogP) is 2.57. The van der Waals surface area contributed by atoms with Crippen molar-refractivity contribution in [3.63, 3.8) is 0 Å². The van der Waals surface area contributed by atoms with Gasteiger partial charge in [0.25, 0.3) is 0 Å². The molecule has 1 saturated carbocycles. The lowest BCUT2D eigenvalue weighted by molar-refractivity contribution is 0.741. The molecule has 0 aromatic carbocycles. The lowest BCUT2D eigenvalue weighted by Gasteiger charge is -1.99. The molecule has 42 valence electrons. The molecule has 1 fully saturated rings. The Kier molecular flexibility index (Phi) is 1.74. The molecule has 1 atom stereocenters. The Hall–Kier alpha value is 0.480. The van der Waals surface area contributed by atoms with Crippen LogP contribution < -0.4 is 0 Å². The molecule has 0 bridgehead atoms. The van der Waals surface area contributed by atoms with Gasteiger partial charge in [0, 0.05) is 4.83 Å². The van der Waals surface area contributed by atoms with Crippen LogP contribution in [0.2, 0.25) is 0 Å². The van der Waals surface area contributed by atoms with Crippen LogP contribution in [0.4, 0.5) is 0 Å². The summed E-state index contributed by atoms with van der Waals surface area (Å²) in [6.45, 7) is 2.23. The third kappa shape index (κ3) is 1.45. The zero-order valence-electron chi connectivity index (χ0n) is 4.65. The molecule has 0 saturated heterocycles. The summed E-state index contributed by atoms with van der Waals surface area (Å²) in [5.41, 5.74) is 0. The normalized spacial score (nSPS) is 24.9. The highest BCUT2D eigenvalue weighted by Crippen LogP contribution is 2.37. The van der Waals surface area contributed by atoms with Gasteiger partial charge in [0.15, 0.2) is 0 Å². The monoisotopic (exact) mass is 162 g/mol. The van der Waals surface area contributed by atoms with E-state index in [0.717, 1.165) is 10.7 Å². The van der Waals surface area contributed by atoms with Crippen LogP contribution in [0.3, 0.4) is 0 Å². The van der Waals surface area contributed by atoms with E-state index < -0.39 is 0 Å². The van der Waals surface area contributed by atoms with Crippen molar-refractivity contribution in [3.05, 3.63) is 0 Å². The lowest BCUT2D eigenvalue weighted by atomic mass is 10.2. The molecule has 1 unspecified atom stereocenters. The Morgan fingerprint density at radius 3 is 2.43 bits per heavy atom. The maximum Gasteiger partial charge on any atom is 0.0171 e. The van der Waals surface area contributed by atoms with Crippen molar-refractivity contribution in [1.29, 1.82) is 0 Å². The molecule has 0 N–H and O–H groups in total. The highest BCUT2D eigenvalue weighted by atomic mass is 79.9. The van der Waals surface area contributed by atoms with Gasteiger partial charge in [-0.25, -0.2) is 0 Å². The fraction of sp³-hybridized carbons (Fsp3) is 1.00. The quantitative estimate of drug-likeness (QED) is 0.548. The molecule has 0 spiro atoms. The summed E-state index contributed by atoms with van der Waals surface area (Å²) in [4.78, 5) is 0.826. The second-order valence-electron chi connectivity index (χ2n) is 2.26. The van der Waals surface area contributed by atoms with Gasteiger partial charge in [-0.2, -0.15) is 0 Å². The molecule has 7 heavy (non-hydrogen) atoms. The third-order valence-electron chi connectivity index (χ3n) is 1.52. The Morgan fingerprint density at radius 1 is 1.71 bits per heavy atom. The maximum atomic E-state index is 3.60. The van der Waals surface area contributed by atoms with E-state index in [1.165, 1.54) is 19.3 Å². The van der Waals surface area contributed by atoms with Gasteiger partial charge in [0.1, 0.15) is 0 Å². The topological polar surface area (TPSA) is 0 Å². The smallest absolute Gasteiger partial charge is 0.0171 e. The lowest BCUT2D eigenvalue weighted by Crippen LogP contribution is -1.95. The Balaban J connectivity index is 2.10. The van der Waals surface area contributed by atoms with Crippen molar-refractivity contribution in [2.24, 2.45) is 5.92 Å². The summed E-state index contributed by atoms with van der Waals surface area (Å²) >= 11 is 3.60. The minimum Gasteiger partial charge on any atom is -0.0888 e. The molecule has 0 nitrogen and oxygen atoms in total. The molecule has 0 heterocycles. The zero-order valence-corrected chi connectivity index (χ0v) is 6.24. The van der Waals surface area contributed by atoms with Gasteiger partial charge in [-0.15, -0.1) is 0 Å². The van der Waals surface area contributed by atoms with Crippen LogP contribution in [-0.2, 0) is 0 Å². The van der Waals surface area contributed by atoms with Gasteiger partial charge in [0.05, 0.1) is 0 Å². The van der Waals surface area contributed by atoms with Crippen LogP contribution in [0.15, 0.2) is 0 Å². The van der Waals surface area contributed by atoms with Gasteiger partial charge < -0.3 is 0 Å². The van der Waals surface area contributed by atoms with Gasteiger partial charge >= 0.3 is 0 Å². The summed E-state index contributed by atoms with van der Waals surface area (Å²) in [5.74, 6) is 1.03. The fourth-order valence-electron chi connectivity index (χ4n) is 0.791. The Morgan fingerprint density at radius 2 is 2.29 bits per heavy atom. The molecule has 1 heteroatoms. The van der Waals surface area contributed by atoms with E-state index in [9.17, 15) is 0 Å². The van der Waals surface area contributed by atoms with Crippen molar-refractivity contribution in [2.45, 2.75) is 31.0 Å². The average Bonchev–Trinajstić information content (AvgIpc) is 2.44. The SMILES string of the molecule is CCC(Br)C1CC1. The van der Waals surface area contributed by atoms with Crippen molar-refractivity contribution in [3.8, 4) is 0 Å². The first kappa shape index (κ1) is 5.61. The van der Waals surface area contributed by atoms with Gasteiger partial charge in [0.2, 0.25) is 0 Å². The van der Waals surface area contributed by atoms with Crippen LogP contribution in [0.1, 0.15) is 26.2 Å². The average molecular weight is 163 g/mol. The van der Waals surface area contributed by atoms with Crippen LogP contribution in [-0.4, -0.2) is 4.83 Å². The van der Waals surface area contributed by atoms with Crippen molar-refractivity contribution in [1.82, 2.24) is 0 Å². The second kappa shape index (κ2) is 2.17. The third-order valence-corrected chi connectivity index (χ3v) is 2.92. The first-order valence-corrected chi connectivity index (χ1v) is 3.90. The number of halogens is 1. The van der Waals surface area contributed by atoms with Gasteiger partial charge in [-0.1, -0.05) is 22.9 Å². The van der Waals surface area contributed by atoms with Gasteiger partial charge in [-0.05, 0) is 25.2 Å². The van der Waals surface area contributed by atoms with E-state index in [1.54, 1.807) is 0 Å². The van der Waals surface area contributed by atoms with E-state index >= 15 is 0 Å². The first-order chi connectivity index (χ1) is 3.34. The molecule has 1 aliphatic rings. The largest absolute Gasteiger partial charge is 0.0888 e. The molecule has 0 aromatic rings. The Bertz CT molecular complexity index is 57.2. The minimum absolute atomic E-state index is 0.826. The van der Waals surface area contributed by atoms with Crippen molar-refractivity contribution >= 4 is 15.9 Å². The fourth-order valence-corrected chi connectivity index (χ4v) is 1.32. The Labute approximate surface area is 53.4 Å². The highest BCUT2D eigenvalue weighted by Gasteiger charge is 2.27. The predicted molar refractivity (Wildman–Crippen MR) is 35.7 cm³/mol. The second-order valence-corrected chi connectivity index (χ2v) is 3.44. The molecule has 1 rings (SSSR count). The van der Waals surface area contributed by atoms with Crippen LogP contribution >= 0.6 is 15.9 Å². The van der Waals surface area contributed by atoms with E-state index in [4.69, 9.17) is 0 Å². The van der Waals surface area contributed by atoms with E-state index in [1.807, 2.05) is 0 Å². The molecule has 0 aromatic heterocycles. The molecule has 1 aliphatic carbocycles. The summed E-state index contributed by atoms with van der Waals surface area (Å²) < 4.78 is 0. The number of rotatable bonds is 2. The van der Waals surface area contributed by atoms with Crippen LogP contribution in [0.5, 0.6) is 0 Å². The summed E-state index contributed by atoms with van der Waals surface area (Å²) in [7, 11) is 0. The molecule has 0 radical (unpaired) electrons.